The molecule has 19 heavy (non-hydrogen) atoms. The highest BCUT2D eigenvalue weighted by Gasteiger charge is 2.31. The van der Waals surface area contributed by atoms with E-state index in [0.717, 1.165) is 10.9 Å². The number of likely N-dealkylation sites (tertiary alicyclic amines) is 1. The second kappa shape index (κ2) is 4.27. The highest BCUT2D eigenvalue weighted by Crippen LogP contribution is 2.15. The number of para-hydroxylation sites is 1. The van der Waals surface area contributed by atoms with Crippen molar-refractivity contribution in [3.8, 4) is 0 Å². The average Bonchev–Trinajstić information content (AvgIpc) is 2.76. The fraction of sp³-hybridized carbons (Fsp3) is 0.250. The summed E-state index contributed by atoms with van der Waals surface area (Å²) in [5.74, 6) is -0.244. The second-order valence-electron chi connectivity index (χ2n) is 4.53. The molecule has 0 unspecified atom stereocenters. The number of fused-ring (bicyclic) bond motifs is 1. The number of benzene rings is 1. The van der Waals surface area contributed by atoms with Crippen LogP contribution < -0.4 is 11.1 Å². The maximum Gasteiger partial charge on any atom is 0.314 e. The predicted molar refractivity (Wildman–Crippen MR) is 68.5 cm³/mol. The normalized spacial score (nSPS) is 15.3. The van der Waals surface area contributed by atoms with Crippen LogP contribution in [0.3, 0.4) is 0 Å². The quantitative estimate of drug-likeness (QED) is 0.710. The second-order valence-corrected chi connectivity index (χ2v) is 4.53. The van der Waals surface area contributed by atoms with Gasteiger partial charge in [-0.15, -0.1) is 0 Å². The van der Waals surface area contributed by atoms with Gasteiger partial charge in [-0.3, -0.25) is 9.89 Å². The Hall–Kier alpha value is -2.57. The maximum absolute atomic E-state index is 12.1. The molecule has 7 heteroatoms. The average molecular weight is 259 g/mol. The van der Waals surface area contributed by atoms with Crippen LogP contribution in [0.25, 0.3) is 10.9 Å². The van der Waals surface area contributed by atoms with E-state index in [1.54, 1.807) is 0 Å². The van der Waals surface area contributed by atoms with E-state index in [9.17, 15) is 9.59 Å². The number of carbonyl (C=O) groups is 2. The minimum Gasteiger partial charge on any atom is -0.351 e. The summed E-state index contributed by atoms with van der Waals surface area (Å²) in [6.45, 7) is 0.896. The van der Waals surface area contributed by atoms with Crippen molar-refractivity contribution in [2.45, 2.75) is 6.04 Å². The summed E-state index contributed by atoms with van der Waals surface area (Å²) in [4.78, 5) is 24.4. The highest BCUT2D eigenvalue weighted by atomic mass is 16.2. The van der Waals surface area contributed by atoms with Gasteiger partial charge in [0.05, 0.1) is 11.6 Å². The van der Waals surface area contributed by atoms with Crippen molar-refractivity contribution in [3.05, 3.63) is 30.0 Å². The summed E-state index contributed by atoms with van der Waals surface area (Å²) in [5.41, 5.74) is 6.30. The predicted octanol–water partition coefficient (Wildman–Crippen LogP) is 0.0556. The van der Waals surface area contributed by atoms with Gasteiger partial charge >= 0.3 is 6.03 Å². The van der Waals surface area contributed by atoms with Crippen LogP contribution in [0, 0.1) is 0 Å². The molecule has 0 spiro atoms. The number of aromatic amines is 1. The summed E-state index contributed by atoms with van der Waals surface area (Å²) in [7, 11) is 0. The zero-order chi connectivity index (χ0) is 13.4. The minimum atomic E-state index is -0.462. The van der Waals surface area contributed by atoms with E-state index >= 15 is 0 Å². The standard InChI is InChI=1S/C12H13N5O2/c13-12(19)17-5-7(6-17)14-11(18)10-8-3-1-2-4-9(8)15-16-10/h1-4,7H,5-6H2,(H2,13,19)(H,14,18)(H,15,16). The number of primary amides is 1. The first kappa shape index (κ1) is 11.5. The smallest absolute Gasteiger partial charge is 0.314 e. The number of nitrogens with two attached hydrogens (primary N) is 1. The molecule has 1 aromatic heterocycles. The lowest BCUT2D eigenvalue weighted by molar-refractivity contribution is 0.0858. The van der Waals surface area contributed by atoms with Crippen LogP contribution in [0.4, 0.5) is 4.79 Å². The zero-order valence-electron chi connectivity index (χ0n) is 10.1. The van der Waals surface area contributed by atoms with Crippen LogP contribution in [-0.4, -0.2) is 46.2 Å². The first-order chi connectivity index (χ1) is 9.15. The molecular formula is C12H13N5O2. The number of carbonyl (C=O) groups excluding carboxylic acids is 2. The summed E-state index contributed by atoms with van der Waals surface area (Å²) < 4.78 is 0. The number of H-pyrrole nitrogens is 1. The Morgan fingerprint density at radius 2 is 2.11 bits per heavy atom. The van der Waals surface area contributed by atoms with Crippen LogP contribution >= 0.6 is 0 Å². The monoisotopic (exact) mass is 259 g/mol. The van der Waals surface area contributed by atoms with Crippen molar-refractivity contribution in [2.75, 3.05) is 13.1 Å². The summed E-state index contributed by atoms with van der Waals surface area (Å²) in [6, 6.07) is 6.90. The number of hydrogen-bond donors (Lipinski definition) is 3. The molecule has 1 fully saturated rings. The lowest BCUT2D eigenvalue weighted by Gasteiger charge is -2.38. The van der Waals surface area contributed by atoms with Crippen LogP contribution in [-0.2, 0) is 0 Å². The molecule has 1 aliphatic heterocycles. The third-order valence-corrected chi connectivity index (χ3v) is 3.21. The number of rotatable bonds is 2. The molecule has 4 N–H and O–H groups in total. The lowest BCUT2D eigenvalue weighted by atomic mass is 10.1. The minimum absolute atomic E-state index is 0.0598. The van der Waals surface area contributed by atoms with Crippen LogP contribution in [0.5, 0.6) is 0 Å². The number of hydrogen-bond acceptors (Lipinski definition) is 3. The molecule has 0 bridgehead atoms. The first-order valence-corrected chi connectivity index (χ1v) is 5.93. The molecule has 1 saturated heterocycles. The van der Waals surface area contributed by atoms with E-state index < -0.39 is 6.03 Å². The Balaban J connectivity index is 1.70. The van der Waals surface area contributed by atoms with Gasteiger partial charge in [0.1, 0.15) is 0 Å². The van der Waals surface area contributed by atoms with Gasteiger partial charge in [-0.25, -0.2) is 4.79 Å². The summed E-state index contributed by atoms with van der Waals surface area (Å²) >= 11 is 0. The van der Waals surface area contributed by atoms with E-state index in [0.29, 0.717) is 18.8 Å². The maximum atomic E-state index is 12.1. The van der Waals surface area contributed by atoms with E-state index in [1.165, 1.54) is 4.90 Å². The van der Waals surface area contributed by atoms with Gasteiger partial charge in [-0.05, 0) is 6.07 Å². The fourth-order valence-electron chi connectivity index (χ4n) is 2.14. The first-order valence-electron chi connectivity index (χ1n) is 5.93. The van der Waals surface area contributed by atoms with E-state index in [2.05, 4.69) is 15.5 Å². The number of urea groups is 1. The van der Waals surface area contributed by atoms with Gasteiger partial charge in [0.25, 0.3) is 5.91 Å². The van der Waals surface area contributed by atoms with Crippen molar-refractivity contribution < 1.29 is 9.59 Å². The molecule has 0 radical (unpaired) electrons. The van der Waals surface area contributed by atoms with Gasteiger partial charge < -0.3 is 16.0 Å². The summed E-state index contributed by atoms with van der Waals surface area (Å²) in [5, 5.41) is 10.4. The third kappa shape index (κ3) is 1.99. The van der Waals surface area contributed by atoms with Crippen molar-refractivity contribution in [3.63, 3.8) is 0 Å². The molecule has 98 valence electrons. The molecule has 1 aromatic carbocycles. The molecule has 0 atom stereocenters. The van der Waals surface area contributed by atoms with Crippen molar-refractivity contribution >= 4 is 22.8 Å². The van der Waals surface area contributed by atoms with Gasteiger partial charge in [0.15, 0.2) is 5.69 Å². The van der Waals surface area contributed by atoms with Gasteiger partial charge in [0, 0.05) is 18.5 Å². The van der Waals surface area contributed by atoms with Crippen molar-refractivity contribution in [1.82, 2.24) is 20.4 Å². The molecule has 3 amide bonds. The van der Waals surface area contributed by atoms with Gasteiger partial charge in [0.2, 0.25) is 0 Å². The molecule has 2 aromatic rings. The Morgan fingerprint density at radius 1 is 1.37 bits per heavy atom. The molecule has 2 heterocycles. The Morgan fingerprint density at radius 3 is 2.84 bits per heavy atom. The van der Waals surface area contributed by atoms with E-state index in [1.807, 2.05) is 24.3 Å². The molecule has 1 aliphatic rings. The van der Waals surface area contributed by atoms with Crippen LogP contribution in [0.1, 0.15) is 10.5 Å². The van der Waals surface area contributed by atoms with Crippen molar-refractivity contribution in [2.24, 2.45) is 5.73 Å². The highest BCUT2D eigenvalue weighted by molar-refractivity contribution is 6.04. The van der Waals surface area contributed by atoms with Crippen LogP contribution in [0.2, 0.25) is 0 Å². The third-order valence-electron chi connectivity index (χ3n) is 3.21. The SMILES string of the molecule is NC(=O)N1CC(NC(=O)c2n[nH]c3ccccc23)C1. The number of nitrogens with one attached hydrogen (secondary N) is 2. The topological polar surface area (TPSA) is 104 Å². The van der Waals surface area contributed by atoms with Gasteiger partial charge in [-0.1, -0.05) is 18.2 Å². The van der Waals surface area contributed by atoms with E-state index in [-0.39, 0.29) is 11.9 Å². The zero-order valence-corrected chi connectivity index (χ0v) is 10.1. The Labute approximate surface area is 108 Å². The number of aromatic nitrogens is 2. The Bertz CT molecular complexity index is 644. The summed E-state index contributed by atoms with van der Waals surface area (Å²) in [6.07, 6.45) is 0. The lowest BCUT2D eigenvalue weighted by Crippen LogP contribution is -2.62. The fourth-order valence-corrected chi connectivity index (χ4v) is 2.14. The van der Waals surface area contributed by atoms with Gasteiger partial charge in [-0.2, -0.15) is 5.10 Å². The largest absolute Gasteiger partial charge is 0.351 e. The van der Waals surface area contributed by atoms with E-state index in [4.69, 9.17) is 5.73 Å². The molecule has 7 nitrogen and oxygen atoms in total. The molecule has 0 aliphatic carbocycles. The number of nitrogens with zero attached hydrogens (tertiary/aromatic N) is 2. The molecule has 3 rings (SSSR count). The van der Waals surface area contributed by atoms with Crippen molar-refractivity contribution in [1.29, 1.82) is 0 Å². The Kier molecular flexibility index (Phi) is 2.59. The molecule has 0 saturated carbocycles. The molecular weight excluding hydrogens is 246 g/mol. The van der Waals surface area contributed by atoms with Crippen LogP contribution in [0.15, 0.2) is 24.3 Å². The number of amides is 3.